The highest BCUT2D eigenvalue weighted by Gasteiger charge is 2.34. The largest absolute Gasteiger partial charge is 0.363 e. The summed E-state index contributed by atoms with van der Waals surface area (Å²) < 4.78 is 5.63. The smallest absolute Gasteiger partial charge is 0.246 e. The number of carbonyl (C=O) groups is 1. The topological polar surface area (TPSA) is 50.4 Å². The minimum atomic E-state index is -0.148. The molecular formula is C13H26N2O2. The zero-order chi connectivity index (χ0) is 12.9. The second-order valence-electron chi connectivity index (χ2n) is 5.23. The van der Waals surface area contributed by atoms with Gasteiger partial charge in [-0.1, -0.05) is 20.8 Å². The van der Waals surface area contributed by atoms with E-state index in [0.29, 0.717) is 0 Å². The highest BCUT2D eigenvalue weighted by molar-refractivity contribution is 5.78. The van der Waals surface area contributed by atoms with Crippen molar-refractivity contribution in [2.45, 2.75) is 58.1 Å². The lowest BCUT2D eigenvalue weighted by Gasteiger charge is -2.39. The summed E-state index contributed by atoms with van der Waals surface area (Å²) in [7, 11) is 0. The molecule has 17 heavy (non-hydrogen) atoms. The molecule has 1 fully saturated rings. The summed E-state index contributed by atoms with van der Waals surface area (Å²) in [5.74, 6) is 0.00340. The van der Waals surface area contributed by atoms with Gasteiger partial charge in [0, 0.05) is 18.6 Å². The van der Waals surface area contributed by atoms with E-state index in [4.69, 9.17) is 4.74 Å². The van der Waals surface area contributed by atoms with Gasteiger partial charge in [-0.15, -0.1) is 0 Å². The standard InChI is InChI=1S/C13H26N2O2/c1-5-13(6-2,7-3)15-11(16)8-17-12(4)9-14-10-12/h14H,5-10H2,1-4H3,(H,15,16). The van der Waals surface area contributed by atoms with Crippen molar-refractivity contribution in [3.8, 4) is 0 Å². The Balaban J connectivity index is 2.37. The molecule has 0 aromatic rings. The third-order valence-electron chi connectivity index (χ3n) is 3.98. The van der Waals surface area contributed by atoms with Gasteiger partial charge in [0.15, 0.2) is 0 Å². The van der Waals surface area contributed by atoms with Gasteiger partial charge in [-0.25, -0.2) is 0 Å². The molecule has 1 rings (SSSR count). The average molecular weight is 242 g/mol. The Hall–Kier alpha value is -0.610. The first-order chi connectivity index (χ1) is 7.99. The summed E-state index contributed by atoms with van der Waals surface area (Å²) in [5.41, 5.74) is -0.205. The number of nitrogens with one attached hydrogen (secondary N) is 2. The van der Waals surface area contributed by atoms with Crippen molar-refractivity contribution in [3.63, 3.8) is 0 Å². The molecule has 0 radical (unpaired) electrons. The summed E-state index contributed by atoms with van der Waals surface area (Å²) in [5, 5.41) is 6.27. The van der Waals surface area contributed by atoms with E-state index in [2.05, 4.69) is 31.4 Å². The Labute approximate surface area is 104 Å². The molecule has 1 aliphatic rings. The van der Waals surface area contributed by atoms with Gasteiger partial charge in [-0.3, -0.25) is 4.79 Å². The number of carbonyl (C=O) groups excluding carboxylic acids is 1. The first-order valence-electron chi connectivity index (χ1n) is 6.65. The van der Waals surface area contributed by atoms with E-state index in [1.54, 1.807) is 0 Å². The summed E-state index contributed by atoms with van der Waals surface area (Å²) in [6.07, 6.45) is 2.89. The molecule has 0 spiro atoms. The van der Waals surface area contributed by atoms with Crippen molar-refractivity contribution in [2.75, 3.05) is 19.7 Å². The molecule has 1 amide bonds. The molecule has 1 heterocycles. The van der Waals surface area contributed by atoms with Crippen LogP contribution in [0.5, 0.6) is 0 Å². The second-order valence-corrected chi connectivity index (χ2v) is 5.23. The molecule has 100 valence electrons. The maximum Gasteiger partial charge on any atom is 0.246 e. The van der Waals surface area contributed by atoms with Crippen molar-refractivity contribution in [3.05, 3.63) is 0 Å². The minimum absolute atomic E-state index is 0.00340. The fourth-order valence-corrected chi connectivity index (χ4v) is 2.17. The zero-order valence-corrected chi connectivity index (χ0v) is 11.6. The zero-order valence-electron chi connectivity index (χ0n) is 11.6. The van der Waals surface area contributed by atoms with Crippen LogP contribution in [-0.4, -0.2) is 36.7 Å². The quantitative estimate of drug-likeness (QED) is 0.710. The SMILES string of the molecule is CCC(CC)(CC)NC(=O)COC1(C)CNC1. The van der Waals surface area contributed by atoms with Crippen molar-refractivity contribution < 1.29 is 9.53 Å². The monoisotopic (exact) mass is 242 g/mol. The first kappa shape index (κ1) is 14.5. The Bertz CT molecular complexity index is 250. The number of hydrogen-bond acceptors (Lipinski definition) is 3. The van der Waals surface area contributed by atoms with E-state index in [0.717, 1.165) is 32.4 Å². The summed E-state index contributed by atoms with van der Waals surface area (Å²) >= 11 is 0. The average Bonchev–Trinajstić information content (AvgIpc) is 2.31. The van der Waals surface area contributed by atoms with E-state index in [1.807, 2.05) is 6.92 Å². The second kappa shape index (κ2) is 5.83. The predicted molar refractivity (Wildman–Crippen MR) is 69.0 cm³/mol. The van der Waals surface area contributed by atoms with Crippen LogP contribution < -0.4 is 10.6 Å². The lowest BCUT2D eigenvalue weighted by atomic mass is 9.90. The third kappa shape index (κ3) is 3.68. The van der Waals surface area contributed by atoms with Crippen LogP contribution in [0.1, 0.15) is 47.0 Å². The third-order valence-corrected chi connectivity index (χ3v) is 3.98. The summed E-state index contributed by atoms with van der Waals surface area (Å²) in [6, 6.07) is 0. The molecule has 1 saturated heterocycles. The minimum Gasteiger partial charge on any atom is -0.363 e. The molecule has 4 nitrogen and oxygen atoms in total. The normalized spacial score (nSPS) is 18.6. The van der Waals surface area contributed by atoms with Gasteiger partial charge in [0.1, 0.15) is 6.61 Å². The van der Waals surface area contributed by atoms with Gasteiger partial charge in [0.05, 0.1) is 5.60 Å². The number of rotatable bonds is 7. The van der Waals surface area contributed by atoms with Crippen LogP contribution in [-0.2, 0) is 9.53 Å². The fourth-order valence-electron chi connectivity index (χ4n) is 2.17. The highest BCUT2D eigenvalue weighted by Crippen LogP contribution is 2.19. The van der Waals surface area contributed by atoms with Crippen molar-refractivity contribution >= 4 is 5.91 Å². The van der Waals surface area contributed by atoms with Crippen LogP contribution in [0.25, 0.3) is 0 Å². The van der Waals surface area contributed by atoms with Gasteiger partial charge in [0.2, 0.25) is 5.91 Å². The van der Waals surface area contributed by atoms with Crippen LogP contribution >= 0.6 is 0 Å². The lowest BCUT2D eigenvalue weighted by Crippen LogP contribution is -2.60. The molecule has 2 N–H and O–H groups in total. The van der Waals surface area contributed by atoms with Crippen molar-refractivity contribution in [1.82, 2.24) is 10.6 Å². The van der Waals surface area contributed by atoms with E-state index in [1.165, 1.54) is 0 Å². The van der Waals surface area contributed by atoms with Gasteiger partial charge in [-0.2, -0.15) is 0 Å². The number of hydrogen-bond donors (Lipinski definition) is 2. The van der Waals surface area contributed by atoms with Crippen molar-refractivity contribution in [1.29, 1.82) is 0 Å². The lowest BCUT2D eigenvalue weighted by molar-refractivity contribution is -0.137. The molecule has 0 atom stereocenters. The number of ether oxygens (including phenoxy) is 1. The van der Waals surface area contributed by atoms with Crippen LogP contribution in [0.2, 0.25) is 0 Å². The molecule has 0 unspecified atom stereocenters. The maximum absolute atomic E-state index is 11.9. The molecule has 0 aliphatic carbocycles. The Morgan fingerprint density at radius 1 is 1.29 bits per heavy atom. The molecular weight excluding hydrogens is 216 g/mol. The molecule has 0 aromatic carbocycles. The van der Waals surface area contributed by atoms with Gasteiger partial charge < -0.3 is 15.4 Å². The van der Waals surface area contributed by atoms with E-state index >= 15 is 0 Å². The fraction of sp³-hybridized carbons (Fsp3) is 0.923. The van der Waals surface area contributed by atoms with E-state index < -0.39 is 0 Å². The Kier molecular flexibility index (Phi) is 4.95. The van der Waals surface area contributed by atoms with Crippen LogP contribution in [0, 0.1) is 0 Å². The summed E-state index contributed by atoms with van der Waals surface area (Å²) in [4.78, 5) is 11.9. The Morgan fingerprint density at radius 3 is 2.18 bits per heavy atom. The molecule has 0 saturated carbocycles. The van der Waals surface area contributed by atoms with Crippen LogP contribution in [0.15, 0.2) is 0 Å². The van der Waals surface area contributed by atoms with Gasteiger partial charge in [-0.05, 0) is 26.2 Å². The van der Waals surface area contributed by atoms with E-state index in [9.17, 15) is 4.79 Å². The molecule has 1 aliphatic heterocycles. The predicted octanol–water partition coefficient (Wildman–Crippen LogP) is 1.45. The highest BCUT2D eigenvalue weighted by atomic mass is 16.5. The van der Waals surface area contributed by atoms with Gasteiger partial charge in [0.25, 0.3) is 0 Å². The summed E-state index contributed by atoms with van der Waals surface area (Å²) in [6.45, 7) is 10.2. The maximum atomic E-state index is 11.9. The van der Waals surface area contributed by atoms with Gasteiger partial charge >= 0.3 is 0 Å². The van der Waals surface area contributed by atoms with E-state index in [-0.39, 0.29) is 23.7 Å². The first-order valence-corrected chi connectivity index (χ1v) is 6.65. The Morgan fingerprint density at radius 2 is 1.82 bits per heavy atom. The number of amides is 1. The van der Waals surface area contributed by atoms with Crippen LogP contribution in [0.3, 0.4) is 0 Å². The molecule has 0 aromatic heterocycles. The van der Waals surface area contributed by atoms with Crippen LogP contribution in [0.4, 0.5) is 0 Å². The molecule has 4 heteroatoms. The molecule has 0 bridgehead atoms. The van der Waals surface area contributed by atoms with Crippen molar-refractivity contribution in [2.24, 2.45) is 0 Å².